The van der Waals surface area contributed by atoms with Crippen LogP contribution in [0.15, 0.2) is 87.7 Å². The molecule has 2 aliphatic heterocycles. The van der Waals surface area contributed by atoms with Gasteiger partial charge in [-0.05, 0) is 42.8 Å². The number of rotatable bonds is 6. The normalized spacial score (nSPS) is 18.8. The molecular formula is C26H29N3OS2. The van der Waals surface area contributed by atoms with Gasteiger partial charge in [0, 0.05) is 43.9 Å². The van der Waals surface area contributed by atoms with E-state index in [2.05, 4.69) is 96.6 Å². The molecular weight excluding hydrogens is 434 g/mol. The van der Waals surface area contributed by atoms with Gasteiger partial charge < -0.3 is 14.7 Å². The summed E-state index contributed by atoms with van der Waals surface area (Å²) < 4.78 is 0. The number of aryl methyl sites for hydroxylation is 1. The molecule has 0 N–H and O–H groups in total. The molecule has 1 atom stereocenters. The van der Waals surface area contributed by atoms with E-state index in [0.29, 0.717) is 6.54 Å². The van der Waals surface area contributed by atoms with Crippen LogP contribution in [-0.4, -0.2) is 43.4 Å². The number of anilines is 2. The summed E-state index contributed by atoms with van der Waals surface area (Å²) in [6.45, 7) is 5.26. The topological polar surface area (TPSA) is 26.8 Å². The van der Waals surface area contributed by atoms with E-state index in [9.17, 15) is 4.79 Å². The lowest BCUT2D eigenvalue weighted by Gasteiger charge is -2.27. The van der Waals surface area contributed by atoms with E-state index in [-0.39, 0.29) is 11.3 Å². The molecule has 0 fully saturated rings. The number of carbonyl (C=O) groups excluding carboxylic acids is 1. The molecule has 2 aliphatic rings. The number of hydrogen-bond acceptors (Lipinski definition) is 5. The van der Waals surface area contributed by atoms with Gasteiger partial charge in [0.05, 0.1) is 21.8 Å². The van der Waals surface area contributed by atoms with Crippen LogP contribution in [0.2, 0.25) is 0 Å². The monoisotopic (exact) mass is 463 g/mol. The minimum absolute atomic E-state index is 0.0981. The Balaban J connectivity index is 1.43. The fourth-order valence-corrected chi connectivity index (χ4v) is 6.12. The fourth-order valence-electron chi connectivity index (χ4n) is 3.72. The van der Waals surface area contributed by atoms with Crippen LogP contribution < -0.4 is 9.80 Å². The first-order valence-corrected chi connectivity index (χ1v) is 12.4. The molecule has 0 aromatic heterocycles. The Morgan fingerprint density at radius 1 is 1.09 bits per heavy atom. The molecule has 0 aliphatic carbocycles. The number of thioether (sulfide) groups is 2. The SMILES string of the molecule is CC(=O)N(C)CCN1c2ccc(C)cc2SC1/C=C/C=C/C=C1\Sc2ccccc2N1C. The van der Waals surface area contributed by atoms with E-state index in [1.807, 2.05) is 18.8 Å². The zero-order valence-electron chi connectivity index (χ0n) is 19.0. The standard InChI is InChI=1S/C26H29N3OS2/c1-19-14-15-22-24(18-19)32-26(29(22)17-16-27(3)20(2)30)13-7-5-6-12-25-28(4)21-10-8-9-11-23(21)31-25/h5-15,18,26H,16-17H2,1-4H3/b6-5+,13-7+,25-12-. The Bertz CT molecular complexity index is 1090. The predicted octanol–water partition coefficient (Wildman–Crippen LogP) is 5.91. The molecule has 2 aromatic carbocycles. The summed E-state index contributed by atoms with van der Waals surface area (Å²) in [4.78, 5) is 20.6. The van der Waals surface area contributed by atoms with Gasteiger partial charge in [-0.1, -0.05) is 66.0 Å². The van der Waals surface area contributed by atoms with Crippen molar-refractivity contribution < 1.29 is 4.79 Å². The molecule has 166 valence electrons. The van der Waals surface area contributed by atoms with Crippen LogP contribution in [0.5, 0.6) is 0 Å². The third-order valence-electron chi connectivity index (χ3n) is 5.70. The van der Waals surface area contributed by atoms with E-state index in [4.69, 9.17) is 0 Å². The van der Waals surface area contributed by atoms with E-state index >= 15 is 0 Å². The van der Waals surface area contributed by atoms with E-state index < -0.39 is 0 Å². The molecule has 4 rings (SSSR count). The average Bonchev–Trinajstić information content (AvgIpc) is 3.28. The van der Waals surface area contributed by atoms with Crippen LogP contribution >= 0.6 is 23.5 Å². The summed E-state index contributed by atoms with van der Waals surface area (Å²) >= 11 is 3.67. The maximum absolute atomic E-state index is 11.6. The number of nitrogens with zero attached hydrogens (tertiary/aromatic N) is 3. The molecule has 0 saturated carbocycles. The molecule has 4 nitrogen and oxygen atoms in total. The van der Waals surface area contributed by atoms with Crippen molar-refractivity contribution in [1.82, 2.24) is 4.90 Å². The molecule has 1 unspecified atom stereocenters. The van der Waals surface area contributed by atoms with Crippen molar-refractivity contribution in [2.45, 2.75) is 29.0 Å². The van der Waals surface area contributed by atoms with Gasteiger partial charge >= 0.3 is 0 Å². The number of para-hydroxylation sites is 1. The van der Waals surface area contributed by atoms with Gasteiger partial charge in [-0.2, -0.15) is 0 Å². The Labute approximate surface area is 199 Å². The highest BCUT2D eigenvalue weighted by atomic mass is 32.2. The Kier molecular flexibility index (Phi) is 7.01. The maximum atomic E-state index is 11.6. The van der Waals surface area contributed by atoms with Gasteiger partial charge in [0.2, 0.25) is 5.91 Å². The summed E-state index contributed by atoms with van der Waals surface area (Å²) in [7, 11) is 3.97. The van der Waals surface area contributed by atoms with Gasteiger partial charge in [0.1, 0.15) is 0 Å². The number of likely N-dealkylation sites (N-methyl/N-ethyl adjacent to an activating group) is 1. The summed E-state index contributed by atoms with van der Waals surface area (Å²) in [6, 6.07) is 15.1. The van der Waals surface area contributed by atoms with Crippen LogP contribution in [0.1, 0.15) is 12.5 Å². The number of benzene rings is 2. The lowest BCUT2D eigenvalue weighted by Crippen LogP contribution is -2.37. The number of allylic oxidation sites excluding steroid dienone is 4. The summed E-state index contributed by atoms with van der Waals surface area (Å²) in [5, 5.41) is 1.44. The highest BCUT2D eigenvalue weighted by molar-refractivity contribution is 8.03. The van der Waals surface area contributed by atoms with Gasteiger partial charge in [0.15, 0.2) is 0 Å². The van der Waals surface area contributed by atoms with E-state index in [1.54, 1.807) is 23.6 Å². The second-order valence-corrected chi connectivity index (χ2v) is 10.2. The zero-order chi connectivity index (χ0) is 22.7. The molecule has 6 heteroatoms. The van der Waals surface area contributed by atoms with Crippen molar-refractivity contribution in [3.63, 3.8) is 0 Å². The second-order valence-electron chi connectivity index (χ2n) is 8.02. The van der Waals surface area contributed by atoms with E-state index in [1.165, 1.54) is 31.8 Å². The number of amides is 1. The van der Waals surface area contributed by atoms with Crippen molar-refractivity contribution in [3.05, 3.63) is 83.4 Å². The molecule has 2 aromatic rings. The lowest BCUT2D eigenvalue weighted by molar-refractivity contribution is -0.127. The van der Waals surface area contributed by atoms with Crippen molar-refractivity contribution in [2.24, 2.45) is 0 Å². The van der Waals surface area contributed by atoms with E-state index in [0.717, 1.165) is 6.54 Å². The second kappa shape index (κ2) is 9.92. The summed E-state index contributed by atoms with van der Waals surface area (Å²) in [6.07, 6.45) is 10.7. The number of hydrogen-bond donors (Lipinski definition) is 0. The van der Waals surface area contributed by atoms with Crippen molar-refractivity contribution in [1.29, 1.82) is 0 Å². The smallest absolute Gasteiger partial charge is 0.219 e. The minimum atomic E-state index is 0.0981. The minimum Gasteiger partial charge on any atom is -0.353 e. The Hall–Kier alpha value is -2.57. The quantitative estimate of drug-likeness (QED) is 0.497. The Morgan fingerprint density at radius 2 is 1.91 bits per heavy atom. The lowest BCUT2D eigenvalue weighted by atomic mass is 10.2. The summed E-state index contributed by atoms with van der Waals surface area (Å²) in [5.41, 5.74) is 3.78. The van der Waals surface area contributed by atoms with Gasteiger partial charge in [-0.15, -0.1) is 0 Å². The maximum Gasteiger partial charge on any atom is 0.219 e. The number of fused-ring (bicyclic) bond motifs is 2. The number of carbonyl (C=O) groups is 1. The van der Waals surface area contributed by atoms with Gasteiger partial charge in [-0.25, -0.2) is 0 Å². The Morgan fingerprint density at radius 3 is 2.69 bits per heavy atom. The molecule has 0 radical (unpaired) electrons. The summed E-state index contributed by atoms with van der Waals surface area (Å²) in [5.74, 6) is 0.0981. The van der Waals surface area contributed by atoms with Crippen LogP contribution in [0.4, 0.5) is 11.4 Å². The van der Waals surface area contributed by atoms with Gasteiger partial charge in [0.25, 0.3) is 0 Å². The van der Waals surface area contributed by atoms with Gasteiger partial charge in [-0.3, -0.25) is 4.79 Å². The van der Waals surface area contributed by atoms with Crippen LogP contribution in [0, 0.1) is 6.92 Å². The fraction of sp³-hybridized carbons (Fsp3) is 0.269. The van der Waals surface area contributed by atoms with Crippen molar-refractivity contribution in [2.75, 3.05) is 37.0 Å². The zero-order valence-corrected chi connectivity index (χ0v) is 20.6. The van der Waals surface area contributed by atoms with Crippen molar-refractivity contribution in [3.8, 4) is 0 Å². The molecule has 0 bridgehead atoms. The highest BCUT2D eigenvalue weighted by Gasteiger charge is 2.28. The highest BCUT2D eigenvalue weighted by Crippen LogP contribution is 2.45. The predicted molar refractivity (Wildman–Crippen MR) is 139 cm³/mol. The average molecular weight is 464 g/mol. The first kappa shape index (κ1) is 22.6. The molecule has 0 spiro atoms. The third kappa shape index (κ3) is 4.92. The molecule has 1 amide bonds. The van der Waals surface area contributed by atoms with Crippen LogP contribution in [0.25, 0.3) is 0 Å². The first-order chi connectivity index (χ1) is 15.4. The molecule has 32 heavy (non-hydrogen) atoms. The molecule has 0 saturated heterocycles. The van der Waals surface area contributed by atoms with Crippen LogP contribution in [-0.2, 0) is 4.79 Å². The third-order valence-corrected chi connectivity index (χ3v) is 8.12. The molecule has 2 heterocycles. The largest absolute Gasteiger partial charge is 0.353 e. The first-order valence-electron chi connectivity index (χ1n) is 10.8. The van der Waals surface area contributed by atoms with Crippen molar-refractivity contribution >= 4 is 40.8 Å². The van der Waals surface area contributed by atoms with Crippen LogP contribution in [0.3, 0.4) is 0 Å².